The van der Waals surface area contributed by atoms with E-state index in [9.17, 15) is 4.79 Å². The molecule has 0 fully saturated rings. The van der Waals surface area contributed by atoms with Crippen molar-refractivity contribution in [2.75, 3.05) is 6.54 Å². The van der Waals surface area contributed by atoms with Crippen molar-refractivity contribution in [2.24, 2.45) is 0 Å². The zero-order valence-corrected chi connectivity index (χ0v) is 11.7. The van der Waals surface area contributed by atoms with E-state index in [1.165, 1.54) is 11.1 Å². The van der Waals surface area contributed by atoms with Gasteiger partial charge in [0, 0.05) is 13.1 Å². The third-order valence-electron chi connectivity index (χ3n) is 3.52. The molecule has 1 heterocycles. The molecule has 4 heteroatoms. The van der Waals surface area contributed by atoms with E-state index in [-0.39, 0.29) is 11.9 Å². The summed E-state index contributed by atoms with van der Waals surface area (Å²) in [7, 11) is 0. The highest BCUT2D eigenvalue weighted by Gasteiger charge is 2.22. The first-order valence-corrected chi connectivity index (χ1v) is 6.97. The lowest BCUT2D eigenvalue weighted by molar-refractivity contribution is 0.0934. The molecule has 1 aliphatic heterocycles. The Hall–Kier alpha value is -1.84. The average molecular weight is 287 g/mol. The fourth-order valence-electron chi connectivity index (χ4n) is 2.51. The quantitative estimate of drug-likeness (QED) is 0.891. The topological polar surface area (TPSA) is 41.1 Å². The predicted molar refractivity (Wildman–Crippen MR) is 79.8 cm³/mol. The molecule has 1 aliphatic rings. The van der Waals surface area contributed by atoms with E-state index >= 15 is 0 Å². The monoisotopic (exact) mass is 286 g/mol. The summed E-state index contributed by atoms with van der Waals surface area (Å²) in [6.45, 7) is 1.57. The summed E-state index contributed by atoms with van der Waals surface area (Å²) in [5.74, 6) is -0.140. The summed E-state index contributed by atoms with van der Waals surface area (Å²) in [6.07, 6.45) is 0. The number of rotatable bonds is 2. The summed E-state index contributed by atoms with van der Waals surface area (Å²) >= 11 is 6.06. The first-order valence-electron chi connectivity index (χ1n) is 6.59. The lowest BCUT2D eigenvalue weighted by Gasteiger charge is -2.27. The van der Waals surface area contributed by atoms with Crippen molar-refractivity contribution in [1.82, 2.24) is 10.6 Å². The van der Waals surface area contributed by atoms with Crippen LogP contribution in [0.2, 0.25) is 5.02 Å². The van der Waals surface area contributed by atoms with Gasteiger partial charge in [-0.1, -0.05) is 48.0 Å². The molecular weight excluding hydrogens is 272 g/mol. The zero-order chi connectivity index (χ0) is 13.9. The number of benzene rings is 2. The number of amides is 1. The molecule has 0 spiro atoms. The summed E-state index contributed by atoms with van der Waals surface area (Å²) in [5, 5.41) is 6.84. The van der Waals surface area contributed by atoms with Gasteiger partial charge in [-0.15, -0.1) is 0 Å². The highest BCUT2D eigenvalue weighted by atomic mass is 35.5. The third kappa shape index (κ3) is 2.55. The molecule has 3 nitrogen and oxygen atoms in total. The highest BCUT2D eigenvalue weighted by molar-refractivity contribution is 6.33. The summed E-state index contributed by atoms with van der Waals surface area (Å²) in [6, 6.07) is 15.2. The summed E-state index contributed by atoms with van der Waals surface area (Å²) in [4.78, 5) is 12.3. The molecular formula is C16H15ClN2O. The average Bonchev–Trinajstić information content (AvgIpc) is 2.48. The lowest BCUT2D eigenvalue weighted by atomic mass is 9.96. The van der Waals surface area contributed by atoms with Gasteiger partial charge >= 0.3 is 0 Å². The zero-order valence-electron chi connectivity index (χ0n) is 10.9. The second-order valence-electron chi connectivity index (χ2n) is 4.84. The number of fused-ring (bicyclic) bond motifs is 1. The molecule has 2 aromatic carbocycles. The van der Waals surface area contributed by atoms with Crippen LogP contribution in [0.15, 0.2) is 48.5 Å². The van der Waals surface area contributed by atoms with E-state index in [0.29, 0.717) is 10.6 Å². The van der Waals surface area contributed by atoms with E-state index in [0.717, 1.165) is 13.1 Å². The number of carbonyl (C=O) groups is 1. The van der Waals surface area contributed by atoms with Crippen LogP contribution in [0.4, 0.5) is 0 Å². The Bertz CT molecular complexity index is 642. The Kier molecular flexibility index (Phi) is 3.72. The SMILES string of the molecule is O=C(NC1CNCc2ccccc21)c1ccccc1Cl. The Balaban J connectivity index is 1.83. The van der Waals surface area contributed by atoms with E-state index < -0.39 is 0 Å². The van der Waals surface area contributed by atoms with Crippen LogP contribution in [0.5, 0.6) is 0 Å². The fourth-order valence-corrected chi connectivity index (χ4v) is 2.73. The maximum absolute atomic E-state index is 12.3. The van der Waals surface area contributed by atoms with Gasteiger partial charge in [-0.25, -0.2) is 0 Å². The lowest BCUT2D eigenvalue weighted by Crippen LogP contribution is -2.39. The number of halogens is 1. The minimum atomic E-state index is -0.140. The first kappa shape index (κ1) is 13.2. The molecule has 0 saturated carbocycles. The van der Waals surface area contributed by atoms with Crippen molar-refractivity contribution in [2.45, 2.75) is 12.6 Å². The first-order chi connectivity index (χ1) is 9.75. The molecule has 0 aromatic heterocycles. The van der Waals surface area contributed by atoms with Crippen LogP contribution in [-0.2, 0) is 6.54 Å². The Morgan fingerprint density at radius 1 is 1.15 bits per heavy atom. The van der Waals surface area contributed by atoms with Gasteiger partial charge in [-0.3, -0.25) is 4.79 Å². The molecule has 0 bridgehead atoms. The van der Waals surface area contributed by atoms with Crippen molar-refractivity contribution in [1.29, 1.82) is 0 Å². The molecule has 0 aliphatic carbocycles. The van der Waals surface area contributed by atoms with Crippen molar-refractivity contribution in [3.8, 4) is 0 Å². The molecule has 2 aromatic rings. The van der Waals surface area contributed by atoms with Crippen LogP contribution < -0.4 is 10.6 Å². The largest absolute Gasteiger partial charge is 0.344 e. The van der Waals surface area contributed by atoms with E-state index in [1.54, 1.807) is 12.1 Å². The normalized spacial score (nSPS) is 17.4. The predicted octanol–water partition coefficient (Wildman–Crippen LogP) is 2.91. The molecule has 102 valence electrons. The van der Waals surface area contributed by atoms with Crippen molar-refractivity contribution >= 4 is 17.5 Å². The molecule has 0 saturated heterocycles. The molecule has 3 rings (SSSR count). The summed E-state index contributed by atoms with van der Waals surface area (Å²) < 4.78 is 0. The molecule has 2 N–H and O–H groups in total. The Labute approximate surface area is 123 Å². The second kappa shape index (κ2) is 5.65. The van der Waals surface area contributed by atoms with Crippen LogP contribution in [0, 0.1) is 0 Å². The van der Waals surface area contributed by atoms with Crippen LogP contribution in [0.25, 0.3) is 0 Å². The smallest absolute Gasteiger partial charge is 0.253 e. The molecule has 1 atom stereocenters. The van der Waals surface area contributed by atoms with E-state index in [1.807, 2.05) is 24.3 Å². The van der Waals surface area contributed by atoms with Gasteiger partial charge in [0.2, 0.25) is 0 Å². The van der Waals surface area contributed by atoms with Crippen LogP contribution in [-0.4, -0.2) is 12.5 Å². The van der Waals surface area contributed by atoms with Gasteiger partial charge in [0.1, 0.15) is 0 Å². The van der Waals surface area contributed by atoms with Crippen molar-refractivity contribution in [3.05, 3.63) is 70.2 Å². The minimum Gasteiger partial charge on any atom is -0.344 e. The summed E-state index contributed by atoms with van der Waals surface area (Å²) in [5.41, 5.74) is 2.91. The van der Waals surface area contributed by atoms with Crippen LogP contribution in [0.1, 0.15) is 27.5 Å². The number of hydrogen-bond acceptors (Lipinski definition) is 2. The number of hydrogen-bond donors (Lipinski definition) is 2. The van der Waals surface area contributed by atoms with E-state index in [4.69, 9.17) is 11.6 Å². The van der Waals surface area contributed by atoms with Crippen LogP contribution in [0.3, 0.4) is 0 Å². The van der Waals surface area contributed by atoms with Crippen LogP contribution >= 0.6 is 11.6 Å². The van der Waals surface area contributed by atoms with Gasteiger partial charge in [0.25, 0.3) is 5.91 Å². The fraction of sp³-hybridized carbons (Fsp3) is 0.188. The maximum atomic E-state index is 12.3. The highest BCUT2D eigenvalue weighted by Crippen LogP contribution is 2.23. The standard InChI is InChI=1S/C16H15ClN2O/c17-14-8-4-3-7-13(14)16(20)19-15-10-18-9-11-5-1-2-6-12(11)15/h1-8,15,18H,9-10H2,(H,19,20). The second-order valence-corrected chi connectivity index (χ2v) is 5.24. The van der Waals surface area contributed by atoms with Gasteiger partial charge in [-0.2, -0.15) is 0 Å². The van der Waals surface area contributed by atoms with Crippen molar-refractivity contribution < 1.29 is 4.79 Å². The molecule has 0 radical (unpaired) electrons. The minimum absolute atomic E-state index is 0.0243. The van der Waals surface area contributed by atoms with Gasteiger partial charge in [-0.05, 0) is 23.3 Å². The number of carbonyl (C=O) groups excluding carboxylic acids is 1. The van der Waals surface area contributed by atoms with Crippen molar-refractivity contribution in [3.63, 3.8) is 0 Å². The maximum Gasteiger partial charge on any atom is 0.253 e. The Morgan fingerprint density at radius 3 is 2.75 bits per heavy atom. The molecule has 20 heavy (non-hydrogen) atoms. The van der Waals surface area contributed by atoms with E-state index in [2.05, 4.69) is 22.8 Å². The number of nitrogens with one attached hydrogen (secondary N) is 2. The third-order valence-corrected chi connectivity index (χ3v) is 3.85. The van der Waals surface area contributed by atoms with Gasteiger partial charge in [0.15, 0.2) is 0 Å². The van der Waals surface area contributed by atoms with Gasteiger partial charge < -0.3 is 10.6 Å². The Morgan fingerprint density at radius 2 is 1.90 bits per heavy atom. The molecule has 1 unspecified atom stereocenters. The van der Waals surface area contributed by atoms with Gasteiger partial charge in [0.05, 0.1) is 16.6 Å². The molecule has 1 amide bonds.